The summed E-state index contributed by atoms with van der Waals surface area (Å²) in [5.41, 5.74) is 11.3. The van der Waals surface area contributed by atoms with Crippen LogP contribution >= 0.6 is 0 Å². The van der Waals surface area contributed by atoms with Crippen LogP contribution in [0.3, 0.4) is 0 Å². The lowest BCUT2D eigenvalue weighted by atomic mass is 9.99. The van der Waals surface area contributed by atoms with Crippen LogP contribution < -0.4 is 10.5 Å². The lowest BCUT2D eigenvalue weighted by Gasteiger charge is -2.12. The van der Waals surface area contributed by atoms with Crippen LogP contribution in [0.1, 0.15) is 30.9 Å². The molecule has 0 saturated heterocycles. The molecule has 0 aliphatic rings. The molecule has 22 heavy (non-hydrogen) atoms. The molecule has 4 heteroatoms. The van der Waals surface area contributed by atoms with E-state index >= 15 is 0 Å². The number of hydrogen-bond donors (Lipinski definition) is 1. The third kappa shape index (κ3) is 2.21. The van der Waals surface area contributed by atoms with Crippen molar-refractivity contribution < 1.29 is 4.74 Å². The molecule has 0 radical (unpaired) electrons. The first-order valence-electron chi connectivity index (χ1n) is 7.44. The molecule has 114 valence electrons. The van der Waals surface area contributed by atoms with E-state index < -0.39 is 0 Å². The van der Waals surface area contributed by atoms with Crippen LogP contribution in [0.4, 0.5) is 5.82 Å². The number of pyridine rings is 1. The van der Waals surface area contributed by atoms with Gasteiger partial charge in [0.2, 0.25) is 0 Å². The zero-order valence-electron chi connectivity index (χ0n) is 13.4. The largest absolute Gasteiger partial charge is 0.496 e. The van der Waals surface area contributed by atoms with Gasteiger partial charge in [0.25, 0.3) is 0 Å². The minimum absolute atomic E-state index is 0.435. The monoisotopic (exact) mass is 295 g/mol. The second-order valence-electron chi connectivity index (χ2n) is 5.84. The SMILES string of the molecule is COc1ccc(C(C)C)cc1-c1nc2c(C)cccn2c1N. The predicted molar refractivity (Wildman–Crippen MR) is 90.4 cm³/mol. The Morgan fingerprint density at radius 1 is 1.23 bits per heavy atom. The predicted octanol–water partition coefficient (Wildman–Crippen LogP) is 4.02. The summed E-state index contributed by atoms with van der Waals surface area (Å²) in [4.78, 5) is 4.75. The van der Waals surface area contributed by atoms with Crippen molar-refractivity contribution in [3.8, 4) is 17.0 Å². The second kappa shape index (κ2) is 5.37. The van der Waals surface area contributed by atoms with Gasteiger partial charge in [-0.05, 0) is 42.2 Å². The summed E-state index contributed by atoms with van der Waals surface area (Å²) in [7, 11) is 1.67. The fourth-order valence-corrected chi connectivity index (χ4v) is 2.69. The third-order valence-corrected chi connectivity index (χ3v) is 4.03. The van der Waals surface area contributed by atoms with Crippen LogP contribution in [-0.2, 0) is 0 Å². The molecule has 4 nitrogen and oxygen atoms in total. The van der Waals surface area contributed by atoms with Gasteiger partial charge >= 0.3 is 0 Å². The number of methoxy groups -OCH3 is 1. The van der Waals surface area contributed by atoms with Crippen molar-refractivity contribution in [2.45, 2.75) is 26.7 Å². The highest BCUT2D eigenvalue weighted by atomic mass is 16.5. The highest BCUT2D eigenvalue weighted by molar-refractivity contribution is 5.80. The molecular weight excluding hydrogens is 274 g/mol. The number of nitrogens with zero attached hydrogens (tertiary/aromatic N) is 2. The number of fused-ring (bicyclic) bond motifs is 1. The van der Waals surface area contributed by atoms with E-state index in [4.69, 9.17) is 15.5 Å². The molecule has 0 amide bonds. The molecule has 3 aromatic rings. The number of imidazole rings is 1. The summed E-state index contributed by atoms with van der Waals surface area (Å²) in [6.07, 6.45) is 1.94. The number of aromatic nitrogens is 2. The normalized spacial score (nSPS) is 11.3. The molecule has 0 aliphatic heterocycles. The Morgan fingerprint density at radius 2 is 2.00 bits per heavy atom. The topological polar surface area (TPSA) is 52.5 Å². The molecule has 1 aromatic carbocycles. The standard InChI is InChI=1S/C18H21N3O/c1-11(2)13-7-8-15(22-4)14(10-13)16-17(19)21-9-5-6-12(3)18(21)20-16/h5-11H,19H2,1-4H3. The lowest BCUT2D eigenvalue weighted by molar-refractivity contribution is 0.416. The first-order chi connectivity index (χ1) is 10.5. The second-order valence-corrected chi connectivity index (χ2v) is 5.84. The van der Waals surface area contributed by atoms with E-state index in [9.17, 15) is 0 Å². The summed E-state index contributed by atoms with van der Waals surface area (Å²) in [6.45, 7) is 6.37. The third-order valence-electron chi connectivity index (χ3n) is 4.03. The maximum absolute atomic E-state index is 6.33. The first kappa shape index (κ1) is 14.4. The molecule has 0 saturated carbocycles. The molecular formula is C18H21N3O. The van der Waals surface area contributed by atoms with Crippen molar-refractivity contribution in [2.75, 3.05) is 12.8 Å². The first-order valence-corrected chi connectivity index (χ1v) is 7.44. The Bertz CT molecular complexity index is 834. The fraction of sp³-hybridized carbons (Fsp3) is 0.278. The van der Waals surface area contributed by atoms with Gasteiger partial charge in [-0.2, -0.15) is 0 Å². The van der Waals surface area contributed by atoms with Crippen LogP contribution in [-0.4, -0.2) is 16.5 Å². The van der Waals surface area contributed by atoms with Crippen LogP contribution in [0, 0.1) is 6.92 Å². The van der Waals surface area contributed by atoms with E-state index in [2.05, 4.69) is 26.0 Å². The van der Waals surface area contributed by atoms with Crippen LogP contribution in [0.25, 0.3) is 16.9 Å². The lowest BCUT2D eigenvalue weighted by Crippen LogP contribution is -1.97. The van der Waals surface area contributed by atoms with Gasteiger partial charge < -0.3 is 10.5 Å². The molecule has 2 aromatic heterocycles. The summed E-state index contributed by atoms with van der Waals surface area (Å²) >= 11 is 0. The van der Waals surface area contributed by atoms with Gasteiger partial charge in [-0.25, -0.2) is 4.98 Å². The Hall–Kier alpha value is -2.49. The van der Waals surface area contributed by atoms with Crippen molar-refractivity contribution in [3.63, 3.8) is 0 Å². The molecule has 2 heterocycles. The number of nitrogens with two attached hydrogens (primary N) is 1. The van der Waals surface area contributed by atoms with Gasteiger partial charge in [0.05, 0.1) is 7.11 Å². The summed E-state index contributed by atoms with van der Waals surface area (Å²) in [5, 5.41) is 0. The minimum Gasteiger partial charge on any atom is -0.496 e. The highest BCUT2D eigenvalue weighted by Gasteiger charge is 2.17. The van der Waals surface area contributed by atoms with E-state index in [-0.39, 0.29) is 0 Å². The van der Waals surface area contributed by atoms with Crippen LogP contribution in [0.5, 0.6) is 5.75 Å². The van der Waals surface area contributed by atoms with E-state index in [1.54, 1.807) is 7.11 Å². The van der Waals surface area contributed by atoms with Crippen molar-refractivity contribution in [2.24, 2.45) is 0 Å². The zero-order chi connectivity index (χ0) is 15.9. The Balaban J connectivity index is 2.29. The number of benzene rings is 1. The molecule has 0 atom stereocenters. The Kier molecular flexibility index (Phi) is 3.53. The van der Waals surface area contributed by atoms with Crippen molar-refractivity contribution in [1.29, 1.82) is 0 Å². The Morgan fingerprint density at radius 3 is 2.64 bits per heavy atom. The average Bonchev–Trinajstić information content (AvgIpc) is 2.85. The van der Waals surface area contributed by atoms with Gasteiger partial charge in [0.15, 0.2) is 0 Å². The van der Waals surface area contributed by atoms with Gasteiger partial charge in [-0.1, -0.05) is 26.0 Å². The zero-order valence-corrected chi connectivity index (χ0v) is 13.4. The van der Waals surface area contributed by atoms with Crippen molar-refractivity contribution in [1.82, 2.24) is 9.38 Å². The molecule has 3 rings (SSSR count). The maximum Gasteiger partial charge on any atom is 0.142 e. The number of nitrogen functional groups attached to an aromatic ring is 1. The van der Waals surface area contributed by atoms with Gasteiger partial charge in [0, 0.05) is 11.8 Å². The molecule has 0 unspecified atom stereocenters. The number of ether oxygens (including phenoxy) is 1. The van der Waals surface area contributed by atoms with Gasteiger partial charge in [-0.3, -0.25) is 4.40 Å². The van der Waals surface area contributed by atoms with Crippen molar-refractivity contribution in [3.05, 3.63) is 47.7 Å². The Labute approximate surface area is 130 Å². The van der Waals surface area contributed by atoms with Gasteiger partial charge in [0.1, 0.15) is 22.9 Å². The average molecular weight is 295 g/mol. The summed E-state index contributed by atoms with van der Waals surface area (Å²) in [6, 6.07) is 10.2. The van der Waals surface area contributed by atoms with E-state index in [0.29, 0.717) is 11.7 Å². The smallest absolute Gasteiger partial charge is 0.142 e. The summed E-state index contributed by atoms with van der Waals surface area (Å²) in [5.74, 6) is 1.86. The molecule has 0 aliphatic carbocycles. The van der Waals surface area contributed by atoms with Gasteiger partial charge in [-0.15, -0.1) is 0 Å². The fourth-order valence-electron chi connectivity index (χ4n) is 2.69. The molecule has 0 bridgehead atoms. The van der Waals surface area contributed by atoms with Crippen molar-refractivity contribution >= 4 is 11.5 Å². The quantitative estimate of drug-likeness (QED) is 0.794. The maximum atomic E-state index is 6.33. The summed E-state index contributed by atoms with van der Waals surface area (Å²) < 4.78 is 7.43. The molecule has 0 spiro atoms. The van der Waals surface area contributed by atoms with E-state index in [1.807, 2.05) is 35.7 Å². The highest BCUT2D eigenvalue weighted by Crippen LogP contribution is 2.36. The molecule has 0 fully saturated rings. The van der Waals surface area contributed by atoms with Crippen LogP contribution in [0.15, 0.2) is 36.5 Å². The number of anilines is 1. The van der Waals surface area contributed by atoms with Crippen LogP contribution in [0.2, 0.25) is 0 Å². The number of aryl methyl sites for hydroxylation is 1. The molecule has 2 N–H and O–H groups in total. The number of hydrogen-bond acceptors (Lipinski definition) is 3. The van der Waals surface area contributed by atoms with E-state index in [1.165, 1.54) is 5.56 Å². The minimum atomic E-state index is 0.435. The van der Waals surface area contributed by atoms with E-state index in [0.717, 1.165) is 28.2 Å². The number of rotatable bonds is 3.